The molecule has 0 saturated carbocycles. The average Bonchev–Trinajstić information content (AvgIpc) is 2.93. The number of benzene rings is 2. The third kappa shape index (κ3) is 3.28. The lowest BCUT2D eigenvalue weighted by Gasteiger charge is -2.15. The van der Waals surface area contributed by atoms with Crippen LogP contribution in [0.1, 0.15) is 23.1 Å². The number of hydrogen-bond acceptors (Lipinski definition) is 5. The summed E-state index contributed by atoms with van der Waals surface area (Å²) in [4.78, 5) is 12.1. The molecule has 0 fully saturated rings. The molecule has 1 N–H and O–H groups in total. The van der Waals surface area contributed by atoms with E-state index in [9.17, 15) is 18.7 Å². The number of alkyl halides is 2. The van der Waals surface area contributed by atoms with Gasteiger partial charge in [0.1, 0.15) is 18.1 Å². The fourth-order valence-corrected chi connectivity index (χ4v) is 2.56. The van der Waals surface area contributed by atoms with Crippen molar-refractivity contribution in [2.45, 2.75) is 20.0 Å². The Balaban J connectivity index is 2.04. The molecule has 0 aliphatic rings. The maximum atomic E-state index is 13.5. The highest BCUT2D eigenvalue weighted by Gasteiger charge is 2.20. The minimum absolute atomic E-state index is 0.0784. The molecule has 0 unspecified atom stereocenters. The molecule has 0 atom stereocenters. The molecule has 1 heterocycles. The Morgan fingerprint density at radius 3 is 2.62 bits per heavy atom. The van der Waals surface area contributed by atoms with Gasteiger partial charge in [-0.25, -0.2) is 13.6 Å². The van der Waals surface area contributed by atoms with Crippen molar-refractivity contribution in [3.8, 4) is 17.2 Å². The number of aromatic hydroxyl groups is 1. The van der Waals surface area contributed by atoms with E-state index in [0.717, 1.165) is 9.36 Å². The van der Waals surface area contributed by atoms with Gasteiger partial charge in [0.2, 0.25) is 0 Å². The summed E-state index contributed by atoms with van der Waals surface area (Å²) in [6.07, 6.45) is -2.75. The predicted molar refractivity (Wildman–Crippen MR) is 88.7 cm³/mol. The SMILES string of the molecule is Cc1cc(O)ccc1OCc1c(C(F)F)cccc1-n1nnn(C)c1=O. The Kier molecular flexibility index (Phi) is 4.70. The van der Waals surface area contributed by atoms with Gasteiger partial charge in [-0.3, -0.25) is 0 Å². The number of rotatable bonds is 5. The summed E-state index contributed by atoms with van der Waals surface area (Å²) in [6.45, 7) is 1.52. The lowest BCUT2D eigenvalue weighted by molar-refractivity contribution is 0.148. The number of halogens is 2. The van der Waals surface area contributed by atoms with E-state index < -0.39 is 12.1 Å². The quantitative estimate of drug-likeness (QED) is 0.754. The minimum Gasteiger partial charge on any atom is -0.508 e. The Morgan fingerprint density at radius 1 is 1.23 bits per heavy atom. The van der Waals surface area contributed by atoms with Crippen molar-refractivity contribution in [1.29, 1.82) is 0 Å². The number of aryl methyl sites for hydroxylation is 2. The number of phenols is 1. The molecule has 0 aliphatic heterocycles. The largest absolute Gasteiger partial charge is 0.508 e. The van der Waals surface area contributed by atoms with Gasteiger partial charge in [0.25, 0.3) is 6.43 Å². The third-order valence-corrected chi connectivity index (χ3v) is 3.90. The van der Waals surface area contributed by atoms with E-state index in [2.05, 4.69) is 10.4 Å². The fraction of sp³-hybridized carbons (Fsp3) is 0.235. The maximum absolute atomic E-state index is 13.5. The van der Waals surface area contributed by atoms with Crippen molar-refractivity contribution in [3.63, 3.8) is 0 Å². The van der Waals surface area contributed by atoms with Crippen molar-refractivity contribution in [2.24, 2.45) is 7.05 Å². The minimum atomic E-state index is -2.75. The summed E-state index contributed by atoms with van der Waals surface area (Å²) in [5, 5.41) is 16.8. The summed E-state index contributed by atoms with van der Waals surface area (Å²) in [5.74, 6) is 0.513. The van der Waals surface area contributed by atoms with Gasteiger partial charge in [0, 0.05) is 18.2 Å². The second-order valence-electron chi connectivity index (χ2n) is 5.68. The number of nitrogens with zero attached hydrogens (tertiary/aromatic N) is 4. The molecule has 1 aromatic heterocycles. The van der Waals surface area contributed by atoms with Gasteiger partial charge in [-0.05, 0) is 47.2 Å². The molecule has 3 aromatic rings. The highest BCUT2D eigenvalue weighted by Crippen LogP contribution is 2.29. The number of hydrogen-bond donors (Lipinski definition) is 1. The summed E-state index contributed by atoms with van der Waals surface area (Å²) in [7, 11) is 1.42. The molecular formula is C17H16F2N4O3. The normalized spacial score (nSPS) is 11.1. The first-order chi connectivity index (χ1) is 12.4. The summed E-state index contributed by atoms with van der Waals surface area (Å²) < 4.78 is 34.6. The molecule has 7 nitrogen and oxygen atoms in total. The van der Waals surface area contributed by atoms with E-state index in [0.29, 0.717) is 11.3 Å². The molecule has 136 valence electrons. The molecule has 3 rings (SSSR count). The second-order valence-corrected chi connectivity index (χ2v) is 5.68. The zero-order chi connectivity index (χ0) is 18.8. The summed E-state index contributed by atoms with van der Waals surface area (Å²) in [5.41, 5.74) is 0.155. The first-order valence-corrected chi connectivity index (χ1v) is 7.70. The topological polar surface area (TPSA) is 82.2 Å². The van der Waals surface area contributed by atoms with E-state index >= 15 is 0 Å². The molecular weight excluding hydrogens is 346 g/mol. The Morgan fingerprint density at radius 2 is 2.00 bits per heavy atom. The predicted octanol–water partition coefficient (Wildman–Crippen LogP) is 2.50. The van der Waals surface area contributed by atoms with E-state index in [1.807, 2.05) is 0 Å². The molecule has 0 spiro atoms. The van der Waals surface area contributed by atoms with Crippen LogP contribution in [0.5, 0.6) is 11.5 Å². The summed E-state index contributed by atoms with van der Waals surface area (Å²) in [6, 6.07) is 8.69. The molecule has 0 amide bonds. The Labute approximate surface area is 147 Å². The molecule has 0 radical (unpaired) electrons. The van der Waals surface area contributed by atoms with Gasteiger partial charge in [-0.1, -0.05) is 12.1 Å². The summed E-state index contributed by atoms with van der Waals surface area (Å²) >= 11 is 0. The Bertz CT molecular complexity index is 998. The second kappa shape index (κ2) is 6.95. The van der Waals surface area contributed by atoms with E-state index in [4.69, 9.17) is 4.74 Å². The van der Waals surface area contributed by atoms with Crippen LogP contribution >= 0.6 is 0 Å². The smallest absolute Gasteiger partial charge is 0.368 e. The van der Waals surface area contributed by atoms with Crippen LogP contribution in [-0.2, 0) is 13.7 Å². The van der Waals surface area contributed by atoms with Crippen molar-refractivity contribution in [2.75, 3.05) is 0 Å². The van der Waals surface area contributed by atoms with Crippen LogP contribution in [0.15, 0.2) is 41.2 Å². The number of tetrazole rings is 1. The molecule has 2 aromatic carbocycles. The van der Waals surface area contributed by atoms with Crippen molar-refractivity contribution in [1.82, 2.24) is 19.8 Å². The van der Waals surface area contributed by atoms with E-state index in [-0.39, 0.29) is 29.2 Å². The van der Waals surface area contributed by atoms with Crippen molar-refractivity contribution >= 4 is 0 Å². The van der Waals surface area contributed by atoms with Crippen LogP contribution < -0.4 is 10.4 Å². The number of phenolic OH excluding ortho intramolecular Hbond substituents is 1. The van der Waals surface area contributed by atoms with Crippen LogP contribution in [0.3, 0.4) is 0 Å². The van der Waals surface area contributed by atoms with Crippen LogP contribution in [0, 0.1) is 6.92 Å². The van der Waals surface area contributed by atoms with Gasteiger partial charge >= 0.3 is 5.69 Å². The highest BCUT2D eigenvalue weighted by atomic mass is 19.3. The molecule has 26 heavy (non-hydrogen) atoms. The average molecular weight is 362 g/mol. The number of aromatic nitrogens is 4. The third-order valence-electron chi connectivity index (χ3n) is 3.90. The number of ether oxygens (including phenoxy) is 1. The van der Waals surface area contributed by atoms with E-state index in [1.165, 1.54) is 37.4 Å². The zero-order valence-electron chi connectivity index (χ0n) is 14.1. The van der Waals surface area contributed by atoms with E-state index in [1.54, 1.807) is 13.0 Å². The first kappa shape index (κ1) is 17.6. The van der Waals surface area contributed by atoms with Gasteiger partial charge in [-0.15, -0.1) is 0 Å². The molecule has 0 bridgehead atoms. The molecule has 0 saturated heterocycles. The lowest BCUT2D eigenvalue weighted by Crippen LogP contribution is -2.23. The monoisotopic (exact) mass is 362 g/mol. The highest BCUT2D eigenvalue weighted by molar-refractivity contribution is 5.46. The lowest BCUT2D eigenvalue weighted by atomic mass is 10.1. The van der Waals surface area contributed by atoms with Gasteiger partial charge < -0.3 is 9.84 Å². The molecule has 9 heteroatoms. The first-order valence-electron chi connectivity index (χ1n) is 7.70. The molecule has 0 aliphatic carbocycles. The fourth-order valence-electron chi connectivity index (χ4n) is 2.56. The van der Waals surface area contributed by atoms with Crippen molar-refractivity contribution < 1.29 is 18.6 Å². The Hall–Kier alpha value is -3.23. The van der Waals surface area contributed by atoms with Gasteiger partial charge in [0.05, 0.1) is 5.69 Å². The van der Waals surface area contributed by atoms with Crippen LogP contribution in [0.2, 0.25) is 0 Å². The standard InChI is InChI=1S/C17H16F2N4O3/c1-10-8-11(24)6-7-15(10)26-9-13-12(16(18)19)4-3-5-14(13)23-17(25)22(2)20-21-23/h3-8,16,24H,9H2,1-2H3. The zero-order valence-corrected chi connectivity index (χ0v) is 14.1. The van der Waals surface area contributed by atoms with Crippen LogP contribution in [0.4, 0.5) is 8.78 Å². The van der Waals surface area contributed by atoms with Crippen LogP contribution in [-0.4, -0.2) is 24.9 Å². The van der Waals surface area contributed by atoms with Gasteiger partial charge in [0.15, 0.2) is 0 Å². The van der Waals surface area contributed by atoms with Crippen molar-refractivity contribution in [3.05, 3.63) is 63.6 Å². The van der Waals surface area contributed by atoms with Crippen LogP contribution in [0.25, 0.3) is 5.69 Å². The van der Waals surface area contributed by atoms with Gasteiger partial charge in [-0.2, -0.15) is 9.36 Å². The maximum Gasteiger partial charge on any atom is 0.368 e.